The molecule has 3 aliphatic rings. The third-order valence-corrected chi connectivity index (χ3v) is 10.1. The van der Waals surface area contributed by atoms with E-state index in [1.807, 2.05) is 12.2 Å². The molecule has 0 heterocycles. The van der Waals surface area contributed by atoms with E-state index in [4.69, 9.17) is 9.47 Å². The summed E-state index contributed by atoms with van der Waals surface area (Å²) in [5.41, 5.74) is -5.75. The van der Waals surface area contributed by atoms with Crippen molar-refractivity contribution in [2.24, 2.45) is 23.7 Å². The first-order valence-corrected chi connectivity index (χ1v) is 15.7. The average Bonchev–Trinajstić information content (AvgIpc) is 3.60. The molecule has 4 atom stereocenters. The smallest absolute Gasteiger partial charge is 0.496 e. The molecule has 3 N–H and O–H groups in total. The molecule has 0 aliphatic heterocycles. The summed E-state index contributed by atoms with van der Waals surface area (Å²) in [6.45, 7) is 0. The molecule has 2 bridgehead atoms. The lowest BCUT2D eigenvalue weighted by Crippen LogP contribution is -2.47. The fourth-order valence-electron chi connectivity index (χ4n) is 6.28. The van der Waals surface area contributed by atoms with Gasteiger partial charge in [-0.25, -0.2) is 12.8 Å². The molecule has 0 saturated heterocycles. The van der Waals surface area contributed by atoms with E-state index < -0.39 is 67.8 Å². The van der Waals surface area contributed by atoms with Crippen LogP contribution in [0.3, 0.4) is 0 Å². The molecule has 0 unspecified atom stereocenters. The first-order valence-electron chi connectivity index (χ1n) is 14.2. The van der Waals surface area contributed by atoms with E-state index in [1.165, 1.54) is 19.2 Å². The van der Waals surface area contributed by atoms with Crippen molar-refractivity contribution in [3.63, 3.8) is 0 Å². The van der Waals surface area contributed by atoms with Gasteiger partial charge in [0.25, 0.3) is 15.7 Å². The highest BCUT2D eigenvalue weighted by atomic mass is 32.2. The van der Waals surface area contributed by atoms with Crippen molar-refractivity contribution in [2.45, 2.75) is 54.7 Å². The number of aliphatic carboxylic acids is 1. The van der Waals surface area contributed by atoms with Crippen LogP contribution in [0.4, 0.5) is 23.2 Å². The molecule has 2 aromatic carbocycles. The number of carbonyl (C=O) groups excluding carboxylic acids is 2. The summed E-state index contributed by atoms with van der Waals surface area (Å²) in [5.74, 6) is -5.20. The third kappa shape index (κ3) is 6.49. The van der Waals surface area contributed by atoms with Crippen LogP contribution in [0.5, 0.6) is 11.5 Å². The van der Waals surface area contributed by atoms with Crippen LogP contribution < -0.4 is 20.1 Å². The SMILES string of the molecule is COc1cc(F)c(O[C@H]2CC[C@H](C(=O)O)CC2)cc1C(=O)N[C@H]1[C@@H](C(=O)Nc2cccc(S(=O)(=O)C(F)(F)F)c2)[C@@H]2C=C[C@H]1C2. The van der Waals surface area contributed by atoms with Crippen LogP contribution >= 0.6 is 0 Å². The maximum absolute atomic E-state index is 14.9. The molecular formula is C30H30F4N2O8S. The van der Waals surface area contributed by atoms with E-state index in [-0.39, 0.29) is 34.6 Å². The highest BCUT2D eigenvalue weighted by Crippen LogP contribution is 2.45. The number of carbonyl (C=O) groups is 3. The first kappa shape index (κ1) is 32.3. The van der Waals surface area contributed by atoms with Gasteiger partial charge in [-0.05, 0) is 68.2 Å². The molecule has 0 spiro atoms. The number of alkyl halides is 3. The Morgan fingerprint density at radius 3 is 2.31 bits per heavy atom. The fourth-order valence-corrected chi connectivity index (χ4v) is 7.09. The summed E-state index contributed by atoms with van der Waals surface area (Å²) in [6.07, 6.45) is 5.24. The van der Waals surface area contributed by atoms with E-state index in [0.29, 0.717) is 32.1 Å². The van der Waals surface area contributed by atoms with Gasteiger partial charge >= 0.3 is 11.5 Å². The molecule has 2 fully saturated rings. The van der Waals surface area contributed by atoms with Crippen molar-refractivity contribution >= 4 is 33.3 Å². The number of sulfone groups is 1. The summed E-state index contributed by atoms with van der Waals surface area (Å²) in [6, 6.07) is 5.26. The minimum absolute atomic E-state index is 0.0657. The number of nitrogens with one attached hydrogen (secondary N) is 2. The van der Waals surface area contributed by atoms with E-state index in [2.05, 4.69) is 10.6 Å². The summed E-state index contributed by atoms with van der Waals surface area (Å²) in [7, 11) is -4.39. The van der Waals surface area contributed by atoms with Gasteiger partial charge in [0.05, 0.1) is 35.5 Å². The van der Waals surface area contributed by atoms with Crippen molar-refractivity contribution in [1.29, 1.82) is 0 Å². The zero-order valence-corrected chi connectivity index (χ0v) is 24.7. The summed E-state index contributed by atoms with van der Waals surface area (Å²) in [5, 5.41) is 14.5. The Bertz CT molecular complexity index is 1640. The fraction of sp³-hybridized carbons (Fsp3) is 0.433. The van der Waals surface area contributed by atoms with Crippen LogP contribution in [0.1, 0.15) is 42.5 Å². The lowest BCUT2D eigenvalue weighted by Gasteiger charge is -2.29. The molecule has 242 valence electrons. The van der Waals surface area contributed by atoms with E-state index >= 15 is 0 Å². The zero-order valence-electron chi connectivity index (χ0n) is 23.8. The predicted octanol–water partition coefficient (Wildman–Crippen LogP) is 4.71. The summed E-state index contributed by atoms with van der Waals surface area (Å²) < 4.78 is 88.8. The van der Waals surface area contributed by atoms with Crippen LogP contribution in [-0.2, 0) is 19.4 Å². The predicted molar refractivity (Wildman–Crippen MR) is 151 cm³/mol. The molecule has 45 heavy (non-hydrogen) atoms. The second-order valence-corrected chi connectivity index (χ2v) is 13.3. The number of carboxylic acid groups (broad SMARTS) is 1. The number of carboxylic acids is 1. The van der Waals surface area contributed by atoms with Gasteiger partial charge in [-0.1, -0.05) is 18.2 Å². The Morgan fingerprint density at radius 1 is 0.978 bits per heavy atom. The van der Waals surface area contributed by atoms with Crippen LogP contribution in [0, 0.1) is 29.5 Å². The van der Waals surface area contributed by atoms with Gasteiger partial charge in [-0.2, -0.15) is 13.2 Å². The van der Waals surface area contributed by atoms with Crippen LogP contribution in [0.15, 0.2) is 53.4 Å². The van der Waals surface area contributed by atoms with Crippen molar-refractivity contribution in [1.82, 2.24) is 5.32 Å². The quantitative estimate of drug-likeness (QED) is 0.260. The topological polar surface area (TPSA) is 148 Å². The number of hydrogen-bond donors (Lipinski definition) is 3. The largest absolute Gasteiger partial charge is 0.501 e. The maximum atomic E-state index is 14.9. The van der Waals surface area contributed by atoms with Gasteiger partial charge in [-0.3, -0.25) is 14.4 Å². The third-order valence-electron chi connectivity index (χ3n) is 8.59. The second-order valence-electron chi connectivity index (χ2n) is 11.4. The lowest BCUT2D eigenvalue weighted by atomic mass is 9.87. The van der Waals surface area contributed by atoms with Crippen LogP contribution in [0.25, 0.3) is 0 Å². The zero-order chi connectivity index (χ0) is 32.7. The van der Waals surface area contributed by atoms with E-state index in [1.54, 1.807) is 0 Å². The van der Waals surface area contributed by atoms with Crippen LogP contribution in [0.2, 0.25) is 0 Å². The van der Waals surface area contributed by atoms with Gasteiger partial charge in [0.1, 0.15) is 5.75 Å². The highest BCUT2D eigenvalue weighted by Gasteiger charge is 2.50. The molecule has 2 aromatic rings. The lowest BCUT2D eigenvalue weighted by molar-refractivity contribution is -0.143. The van der Waals surface area contributed by atoms with Gasteiger partial charge in [0.15, 0.2) is 11.6 Å². The monoisotopic (exact) mass is 654 g/mol. The molecular weight excluding hydrogens is 624 g/mol. The van der Waals surface area contributed by atoms with Crippen molar-refractivity contribution in [2.75, 3.05) is 12.4 Å². The normalized spacial score (nSPS) is 25.9. The maximum Gasteiger partial charge on any atom is 0.501 e. The number of halogens is 4. The van der Waals surface area contributed by atoms with Gasteiger partial charge in [0.2, 0.25) is 5.91 Å². The number of allylic oxidation sites excluding steroid dienone is 1. The Morgan fingerprint density at radius 2 is 1.67 bits per heavy atom. The Labute approximate surface area is 255 Å². The molecule has 15 heteroatoms. The molecule has 0 radical (unpaired) electrons. The van der Waals surface area contributed by atoms with Crippen LogP contribution in [-0.4, -0.2) is 56.1 Å². The number of ether oxygens (including phenoxy) is 2. The average molecular weight is 655 g/mol. The minimum atomic E-state index is -5.64. The Hall–Kier alpha value is -4.14. The second kappa shape index (κ2) is 12.3. The minimum Gasteiger partial charge on any atom is -0.496 e. The van der Waals surface area contributed by atoms with E-state index in [0.717, 1.165) is 24.3 Å². The van der Waals surface area contributed by atoms with Gasteiger partial charge in [0, 0.05) is 17.8 Å². The summed E-state index contributed by atoms with van der Waals surface area (Å²) >= 11 is 0. The van der Waals surface area contributed by atoms with Gasteiger partial charge < -0.3 is 25.2 Å². The van der Waals surface area contributed by atoms with Crippen molar-refractivity contribution in [3.8, 4) is 11.5 Å². The Kier molecular flexibility index (Phi) is 8.84. The van der Waals surface area contributed by atoms with Gasteiger partial charge in [-0.15, -0.1) is 0 Å². The molecule has 10 nitrogen and oxygen atoms in total. The first-order chi connectivity index (χ1) is 21.2. The van der Waals surface area contributed by atoms with Crippen molar-refractivity contribution < 1.29 is 54.9 Å². The number of benzene rings is 2. The molecule has 0 aromatic heterocycles. The number of amides is 2. The molecule has 3 aliphatic carbocycles. The highest BCUT2D eigenvalue weighted by molar-refractivity contribution is 7.92. The van der Waals surface area contributed by atoms with Crippen molar-refractivity contribution in [3.05, 3.63) is 59.9 Å². The number of rotatable bonds is 9. The number of anilines is 1. The number of fused-ring (bicyclic) bond motifs is 2. The Balaban J connectivity index is 1.33. The molecule has 2 amide bonds. The number of methoxy groups -OCH3 is 1. The number of hydrogen-bond acceptors (Lipinski definition) is 7. The van der Waals surface area contributed by atoms with E-state index in [9.17, 15) is 45.5 Å². The standard InChI is InChI=1S/C30H30F4N2O8S/c1-43-23-14-22(31)24(44-19-9-7-15(8-10-19)29(39)40)13-21(23)27(37)36-26-17-6-5-16(11-17)25(26)28(38)35-18-3-2-4-20(12-18)45(41,42)30(32,33)34/h2-6,12-17,19,25-26H,7-11H2,1H3,(H,35,38)(H,36,37)(H,39,40)/t15-,16-,17+,19-,25+,26-/m1/s1. The molecule has 2 saturated carbocycles. The summed E-state index contributed by atoms with van der Waals surface area (Å²) in [4.78, 5) is 37.2. The molecule has 5 rings (SSSR count).